The van der Waals surface area contributed by atoms with Crippen LogP contribution in [0.4, 0.5) is 5.69 Å². The summed E-state index contributed by atoms with van der Waals surface area (Å²) in [5.74, 6) is -0.133. The molecule has 7 nitrogen and oxygen atoms in total. The molecule has 0 aliphatic carbocycles. The standard InChI is InChI=1S/C16H20N6O/c1-5-22-9-7-12(11(22)2)16(23)18-13-10-20(3)19-15(13)14-6-8-17-21(14)4/h6-10H,5H2,1-4H3,(H,18,23). The van der Waals surface area contributed by atoms with Gasteiger partial charge in [0.1, 0.15) is 5.69 Å². The van der Waals surface area contributed by atoms with Crippen LogP contribution in [0, 0.1) is 6.92 Å². The molecule has 0 aliphatic heterocycles. The molecule has 0 bridgehead atoms. The number of carbonyl (C=O) groups is 1. The van der Waals surface area contributed by atoms with Gasteiger partial charge in [-0.15, -0.1) is 0 Å². The number of anilines is 1. The van der Waals surface area contributed by atoms with E-state index in [9.17, 15) is 4.79 Å². The maximum Gasteiger partial charge on any atom is 0.257 e. The van der Waals surface area contributed by atoms with Crippen molar-refractivity contribution in [1.82, 2.24) is 24.1 Å². The molecule has 23 heavy (non-hydrogen) atoms. The molecular formula is C16H20N6O. The Hall–Kier alpha value is -2.83. The number of hydrogen-bond donors (Lipinski definition) is 1. The average molecular weight is 312 g/mol. The third-order valence-electron chi connectivity index (χ3n) is 3.97. The minimum atomic E-state index is -0.133. The highest BCUT2D eigenvalue weighted by molar-refractivity contribution is 6.06. The summed E-state index contributed by atoms with van der Waals surface area (Å²) in [7, 11) is 3.68. The maximum atomic E-state index is 12.6. The molecule has 0 fully saturated rings. The number of amides is 1. The second-order valence-corrected chi connectivity index (χ2v) is 5.46. The number of nitrogens with one attached hydrogen (secondary N) is 1. The van der Waals surface area contributed by atoms with Crippen molar-refractivity contribution in [2.24, 2.45) is 14.1 Å². The van der Waals surface area contributed by atoms with E-state index < -0.39 is 0 Å². The van der Waals surface area contributed by atoms with E-state index in [1.807, 2.05) is 43.9 Å². The van der Waals surface area contributed by atoms with Gasteiger partial charge in [-0.05, 0) is 26.0 Å². The first-order chi connectivity index (χ1) is 11.0. The second-order valence-electron chi connectivity index (χ2n) is 5.46. The predicted molar refractivity (Wildman–Crippen MR) is 88.2 cm³/mol. The Bertz CT molecular complexity index is 854. The van der Waals surface area contributed by atoms with Gasteiger partial charge in [0.2, 0.25) is 0 Å². The van der Waals surface area contributed by atoms with Gasteiger partial charge in [0, 0.05) is 44.9 Å². The van der Waals surface area contributed by atoms with Gasteiger partial charge in [-0.2, -0.15) is 10.2 Å². The molecule has 1 amide bonds. The molecular weight excluding hydrogens is 292 g/mol. The number of carbonyl (C=O) groups excluding carboxylic acids is 1. The first-order valence-electron chi connectivity index (χ1n) is 7.50. The monoisotopic (exact) mass is 312 g/mol. The Morgan fingerprint density at radius 1 is 1.30 bits per heavy atom. The van der Waals surface area contributed by atoms with Gasteiger partial charge < -0.3 is 9.88 Å². The lowest BCUT2D eigenvalue weighted by Gasteiger charge is -2.07. The minimum absolute atomic E-state index is 0.133. The summed E-state index contributed by atoms with van der Waals surface area (Å²) >= 11 is 0. The lowest BCUT2D eigenvalue weighted by atomic mass is 10.2. The number of aryl methyl sites for hydroxylation is 3. The normalized spacial score (nSPS) is 11.0. The second kappa shape index (κ2) is 5.75. The van der Waals surface area contributed by atoms with Crippen molar-refractivity contribution in [2.45, 2.75) is 20.4 Å². The van der Waals surface area contributed by atoms with Crippen LogP contribution in [0.5, 0.6) is 0 Å². The van der Waals surface area contributed by atoms with Gasteiger partial charge in [-0.3, -0.25) is 14.2 Å². The minimum Gasteiger partial charge on any atom is -0.351 e. The summed E-state index contributed by atoms with van der Waals surface area (Å²) in [4.78, 5) is 12.6. The van der Waals surface area contributed by atoms with Crippen LogP contribution in [0.25, 0.3) is 11.4 Å². The summed E-state index contributed by atoms with van der Waals surface area (Å²) in [5, 5.41) is 11.6. The van der Waals surface area contributed by atoms with E-state index >= 15 is 0 Å². The van der Waals surface area contributed by atoms with Crippen LogP contribution in [0.2, 0.25) is 0 Å². The summed E-state index contributed by atoms with van der Waals surface area (Å²) < 4.78 is 5.46. The number of aromatic nitrogens is 5. The van der Waals surface area contributed by atoms with Gasteiger partial charge >= 0.3 is 0 Å². The summed E-state index contributed by atoms with van der Waals surface area (Å²) in [6, 6.07) is 3.71. The van der Waals surface area contributed by atoms with Gasteiger partial charge in [-0.1, -0.05) is 0 Å². The van der Waals surface area contributed by atoms with Crippen molar-refractivity contribution >= 4 is 11.6 Å². The molecule has 3 rings (SSSR count). The van der Waals surface area contributed by atoms with Crippen LogP contribution < -0.4 is 5.32 Å². The van der Waals surface area contributed by atoms with Crippen LogP contribution in [-0.4, -0.2) is 30.0 Å². The summed E-state index contributed by atoms with van der Waals surface area (Å²) in [6.45, 7) is 4.84. The van der Waals surface area contributed by atoms with E-state index in [1.54, 1.807) is 21.8 Å². The fraction of sp³-hybridized carbons (Fsp3) is 0.312. The zero-order chi connectivity index (χ0) is 16.6. The third kappa shape index (κ3) is 2.65. The number of nitrogens with zero attached hydrogens (tertiary/aromatic N) is 5. The Balaban J connectivity index is 1.93. The average Bonchev–Trinajstić information content (AvgIpc) is 3.18. The van der Waals surface area contributed by atoms with Crippen LogP contribution in [0.1, 0.15) is 23.0 Å². The highest BCUT2D eigenvalue weighted by Gasteiger charge is 2.18. The fourth-order valence-corrected chi connectivity index (χ4v) is 2.70. The van der Waals surface area contributed by atoms with Crippen LogP contribution in [0.15, 0.2) is 30.7 Å². The number of hydrogen-bond acceptors (Lipinski definition) is 3. The smallest absolute Gasteiger partial charge is 0.257 e. The molecule has 0 aliphatic rings. The Morgan fingerprint density at radius 2 is 2.09 bits per heavy atom. The predicted octanol–water partition coefficient (Wildman–Crippen LogP) is 2.20. The molecule has 1 N–H and O–H groups in total. The van der Waals surface area contributed by atoms with Crippen LogP contribution in [-0.2, 0) is 20.6 Å². The Kier molecular flexibility index (Phi) is 3.77. The molecule has 3 heterocycles. The van der Waals surface area contributed by atoms with E-state index in [2.05, 4.69) is 22.4 Å². The molecule has 120 valence electrons. The molecule has 0 saturated heterocycles. The molecule has 0 saturated carbocycles. The third-order valence-corrected chi connectivity index (χ3v) is 3.97. The molecule has 0 aromatic carbocycles. The lowest BCUT2D eigenvalue weighted by Crippen LogP contribution is -2.13. The van der Waals surface area contributed by atoms with Crippen molar-refractivity contribution in [3.8, 4) is 11.4 Å². The van der Waals surface area contributed by atoms with Gasteiger partial charge in [0.05, 0.1) is 16.9 Å². The van der Waals surface area contributed by atoms with E-state index in [1.165, 1.54) is 0 Å². The molecule has 0 atom stereocenters. The van der Waals surface area contributed by atoms with E-state index in [4.69, 9.17) is 0 Å². The topological polar surface area (TPSA) is 69.7 Å². The lowest BCUT2D eigenvalue weighted by molar-refractivity contribution is 0.102. The van der Waals surface area contributed by atoms with E-state index in [-0.39, 0.29) is 5.91 Å². The molecule has 0 spiro atoms. The SMILES string of the molecule is CCn1ccc(C(=O)Nc2cn(C)nc2-c2ccnn2C)c1C. The molecule has 0 unspecified atom stereocenters. The first kappa shape index (κ1) is 15.1. The van der Waals surface area contributed by atoms with Crippen molar-refractivity contribution < 1.29 is 4.79 Å². The van der Waals surface area contributed by atoms with Crippen molar-refractivity contribution in [2.75, 3.05) is 5.32 Å². The Labute approximate surface area is 134 Å². The maximum absolute atomic E-state index is 12.6. The summed E-state index contributed by atoms with van der Waals surface area (Å²) in [6.07, 6.45) is 5.43. The van der Waals surface area contributed by atoms with Gasteiger partial charge in [0.15, 0.2) is 0 Å². The van der Waals surface area contributed by atoms with E-state index in [0.29, 0.717) is 16.9 Å². The van der Waals surface area contributed by atoms with Gasteiger partial charge in [-0.25, -0.2) is 0 Å². The van der Waals surface area contributed by atoms with Crippen LogP contribution in [0.3, 0.4) is 0 Å². The molecule has 3 aromatic rings. The largest absolute Gasteiger partial charge is 0.351 e. The van der Waals surface area contributed by atoms with Crippen LogP contribution >= 0.6 is 0 Å². The van der Waals surface area contributed by atoms with Crippen molar-refractivity contribution in [1.29, 1.82) is 0 Å². The first-order valence-corrected chi connectivity index (χ1v) is 7.50. The summed E-state index contributed by atoms with van der Waals surface area (Å²) in [5.41, 5.74) is 3.85. The highest BCUT2D eigenvalue weighted by Crippen LogP contribution is 2.26. The zero-order valence-corrected chi connectivity index (χ0v) is 13.7. The van der Waals surface area contributed by atoms with E-state index in [0.717, 1.165) is 17.9 Å². The fourth-order valence-electron chi connectivity index (χ4n) is 2.70. The van der Waals surface area contributed by atoms with Crippen molar-refractivity contribution in [3.05, 3.63) is 42.0 Å². The highest BCUT2D eigenvalue weighted by atomic mass is 16.1. The zero-order valence-electron chi connectivity index (χ0n) is 13.7. The molecule has 3 aromatic heterocycles. The quantitative estimate of drug-likeness (QED) is 0.803. The number of rotatable bonds is 4. The van der Waals surface area contributed by atoms with Gasteiger partial charge in [0.25, 0.3) is 5.91 Å². The Morgan fingerprint density at radius 3 is 2.70 bits per heavy atom. The molecule has 7 heteroatoms. The van der Waals surface area contributed by atoms with Crippen molar-refractivity contribution in [3.63, 3.8) is 0 Å². The molecule has 0 radical (unpaired) electrons.